The smallest absolute Gasteiger partial charge is 0.295 e. The fourth-order valence-corrected chi connectivity index (χ4v) is 4.58. The Morgan fingerprint density at radius 3 is 2.76 bits per heavy atom. The van der Waals surface area contributed by atoms with Crippen molar-refractivity contribution in [2.45, 2.75) is 32.9 Å². The minimum absolute atomic E-state index is 0.118. The zero-order valence-electron chi connectivity index (χ0n) is 16.1. The SMILES string of the molecule is Cc1n[nH]c(C)c1C(O)=C1C(=O)C(=O)N(CCCn2ccnc2)[C@H]1c1cccs1. The molecule has 1 atom stereocenters. The molecule has 4 heterocycles. The van der Waals surface area contributed by atoms with E-state index in [2.05, 4.69) is 15.2 Å². The van der Waals surface area contributed by atoms with Gasteiger partial charge in [-0.15, -0.1) is 11.3 Å². The Balaban J connectivity index is 1.72. The summed E-state index contributed by atoms with van der Waals surface area (Å²) in [5, 5.41) is 19.9. The highest BCUT2D eigenvalue weighted by Crippen LogP contribution is 2.41. The number of nitrogens with one attached hydrogen (secondary N) is 1. The third kappa shape index (κ3) is 3.38. The average Bonchev–Trinajstić information content (AvgIpc) is 3.47. The van der Waals surface area contributed by atoms with Gasteiger partial charge in [0.2, 0.25) is 0 Å². The molecule has 0 radical (unpaired) electrons. The second-order valence-electron chi connectivity index (χ2n) is 6.97. The van der Waals surface area contributed by atoms with Crippen molar-refractivity contribution in [3.63, 3.8) is 0 Å². The molecule has 0 aromatic carbocycles. The monoisotopic (exact) mass is 411 g/mol. The Kier molecular flexibility index (Phi) is 5.06. The summed E-state index contributed by atoms with van der Waals surface area (Å²) in [5.74, 6) is -1.43. The number of ketones is 1. The maximum absolute atomic E-state index is 12.9. The van der Waals surface area contributed by atoms with Crippen LogP contribution < -0.4 is 0 Å². The molecular formula is C20H21N5O3S. The van der Waals surface area contributed by atoms with E-state index in [4.69, 9.17) is 0 Å². The number of hydrogen-bond donors (Lipinski definition) is 2. The predicted molar refractivity (Wildman–Crippen MR) is 108 cm³/mol. The molecule has 0 saturated carbocycles. The standard InChI is InChI=1S/C20H21N5O3S/c1-12-15(13(2)23-22-12)18(26)16-17(14-5-3-10-29-14)25(20(28)19(16)27)8-4-7-24-9-6-21-11-24/h3,5-6,9-11,17,26H,4,7-8H2,1-2H3,(H,22,23)/t17-/m0/s1. The lowest BCUT2D eigenvalue weighted by Crippen LogP contribution is -2.31. The second kappa shape index (κ2) is 7.67. The van der Waals surface area contributed by atoms with Gasteiger partial charge in [-0.2, -0.15) is 5.10 Å². The van der Waals surface area contributed by atoms with Crippen molar-refractivity contribution in [2.75, 3.05) is 6.54 Å². The molecule has 1 saturated heterocycles. The molecule has 0 bridgehead atoms. The highest BCUT2D eigenvalue weighted by molar-refractivity contribution is 7.10. The lowest BCUT2D eigenvalue weighted by atomic mass is 9.99. The first-order chi connectivity index (χ1) is 14.0. The number of Topliss-reactive ketones (excluding diaryl/α,β-unsaturated/α-hetero) is 1. The number of hydrogen-bond acceptors (Lipinski definition) is 6. The predicted octanol–water partition coefficient (Wildman–Crippen LogP) is 2.80. The van der Waals surface area contributed by atoms with E-state index in [9.17, 15) is 14.7 Å². The molecule has 0 unspecified atom stereocenters. The van der Waals surface area contributed by atoms with Crippen LogP contribution >= 0.6 is 11.3 Å². The molecule has 0 spiro atoms. The largest absolute Gasteiger partial charge is 0.507 e. The first kappa shape index (κ1) is 19.1. The van der Waals surface area contributed by atoms with Crippen LogP contribution in [0.25, 0.3) is 5.76 Å². The van der Waals surface area contributed by atoms with E-state index in [0.717, 1.165) is 4.88 Å². The normalized spacial score (nSPS) is 18.7. The summed E-state index contributed by atoms with van der Waals surface area (Å²) in [6, 6.07) is 3.15. The lowest BCUT2D eigenvalue weighted by Gasteiger charge is -2.24. The zero-order valence-corrected chi connectivity index (χ0v) is 16.9. The summed E-state index contributed by atoms with van der Waals surface area (Å²) in [6.07, 6.45) is 5.94. The van der Waals surface area contributed by atoms with Crippen LogP contribution in [-0.4, -0.2) is 48.0 Å². The number of likely N-dealkylation sites (tertiary alicyclic amines) is 1. The second-order valence-corrected chi connectivity index (χ2v) is 7.95. The van der Waals surface area contributed by atoms with Crippen LogP contribution in [-0.2, 0) is 16.1 Å². The maximum atomic E-state index is 12.9. The summed E-state index contributed by atoms with van der Waals surface area (Å²) in [5.41, 5.74) is 1.82. The van der Waals surface area contributed by atoms with Gasteiger partial charge in [0.05, 0.1) is 29.2 Å². The lowest BCUT2D eigenvalue weighted by molar-refractivity contribution is -0.139. The molecule has 4 rings (SSSR count). The third-order valence-electron chi connectivity index (χ3n) is 5.09. The van der Waals surface area contributed by atoms with Crippen LogP contribution in [0, 0.1) is 13.8 Å². The molecule has 150 valence electrons. The number of H-pyrrole nitrogens is 1. The molecule has 29 heavy (non-hydrogen) atoms. The molecular weight excluding hydrogens is 390 g/mol. The van der Waals surface area contributed by atoms with Crippen molar-refractivity contribution in [2.24, 2.45) is 0 Å². The number of carbonyl (C=O) groups excluding carboxylic acids is 2. The molecule has 1 fully saturated rings. The minimum atomic E-state index is -0.663. The van der Waals surface area contributed by atoms with Gasteiger partial charge in [0.1, 0.15) is 5.76 Å². The Morgan fingerprint density at radius 1 is 1.31 bits per heavy atom. The van der Waals surface area contributed by atoms with Crippen LogP contribution in [0.2, 0.25) is 0 Å². The quantitative estimate of drug-likeness (QED) is 0.369. The van der Waals surface area contributed by atoms with Crippen molar-refractivity contribution in [3.05, 3.63) is 63.6 Å². The number of aromatic amines is 1. The van der Waals surface area contributed by atoms with E-state index in [1.807, 2.05) is 28.3 Å². The Labute approximate surface area is 171 Å². The van der Waals surface area contributed by atoms with Crippen LogP contribution in [0.3, 0.4) is 0 Å². The van der Waals surface area contributed by atoms with Crippen molar-refractivity contribution >= 4 is 28.8 Å². The number of imidazole rings is 1. The van der Waals surface area contributed by atoms with Gasteiger partial charge in [0.25, 0.3) is 11.7 Å². The van der Waals surface area contributed by atoms with Crippen LogP contribution in [0.15, 0.2) is 41.8 Å². The summed E-state index contributed by atoms with van der Waals surface area (Å²) >= 11 is 1.46. The fourth-order valence-electron chi connectivity index (χ4n) is 3.73. The number of amides is 1. The first-order valence-corrected chi connectivity index (χ1v) is 10.2. The number of rotatable bonds is 6. The van der Waals surface area contributed by atoms with Gasteiger partial charge in [-0.3, -0.25) is 14.7 Å². The molecule has 3 aromatic heterocycles. The summed E-state index contributed by atoms with van der Waals surface area (Å²) < 4.78 is 1.93. The van der Waals surface area contributed by atoms with Crippen LogP contribution in [0.1, 0.15) is 34.3 Å². The van der Waals surface area contributed by atoms with Crippen molar-refractivity contribution < 1.29 is 14.7 Å². The number of aromatic nitrogens is 4. The van der Waals surface area contributed by atoms with Gasteiger partial charge in [-0.25, -0.2) is 4.98 Å². The molecule has 0 aliphatic carbocycles. The average molecular weight is 411 g/mol. The van der Waals surface area contributed by atoms with Gasteiger partial charge in [0, 0.05) is 36.1 Å². The number of nitrogens with zero attached hydrogens (tertiary/aromatic N) is 4. The molecule has 1 amide bonds. The maximum Gasteiger partial charge on any atom is 0.295 e. The van der Waals surface area contributed by atoms with Gasteiger partial charge < -0.3 is 14.6 Å². The molecule has 8 nitrogen and oxygen atoms in total. The fraction of sp³-hybridized carbons (Fsp3) is 0.300. The molecule has 1 aliphatic heterocycles. The third-order valence-corrected chi connectivity index (χ3v) is 6.02. The Morgan fingerprint density at radius 2 is 2.14 bits per heavy atom. The topological polar surface area (TPSA) is 104 Å². The Bertz CT molecular complexity index is 1050. The number of aliphatic hydroxyl groups is 1. The first-order valence-electron chi connectivity index (χ1n) is 9.28. The van der Waals surface area contributed by atoms with Gasteiger partial charge in [-0.1, -0.05) is 6.07 Å². The number of thiophene rings is 1. The van der Waals surface area contributed by atoms with Crippen molar-refractivity contribution in [1.82, 2.24) is 24.6 Å². The van der Waals surface area contributed by atoms with Gasteiger partial charge >= 0.3 is 0 Å². The highest BCUT2D eigenvalue weighted by Gasteiger charge is 2.46. The minimum Gasteiger partial charge on any atom is -0.507 e. The highest BCUT2D eigenvalue weighted by atomic mass is 32.1. The summed E-state index contributed by atoms with van der Waals surface area (Å²) in [4.78, 5) is 32.2. The number of aryl methyl sites for hydroxylation is 3. The molecule has 3 aromatic rings. The van der Waals surface area contributed by atoms with E-state index in [1.165, 1.54) is 11.3 Å². The van der Waals surface area contributed by atoms with E-state index >= 15 is 0 Å². The zero-order chi connectivity index (χ0) is 20.5. The molecule has 1 aliphatic rings. The molecule has 2 N–H and O–H groups in total. The molecule has 9 heteroatoms. The van der Waals surface area contributed by atoms with Crippen molar-refractivity contribution in [1.29, 1.82) is 0 Å². The van der Waals surface area contributed by atoms with E-state index in [1.54, 1.807) is 31.3 Å². The van der Waals surface area contributed by atoms with E-state index < -0.39 is 17.7 Å². The van der Waals surface area contributed by atoms with Crippen molar-refractivity contribution in [3.8, 4) is 0 Å². The number of aliphatic hydroxyl groups excluding tert-OH is 1. The van der Waals surface area contributed by atoms with Gasteiger partial charge in [0.15, 0.2) is 0 Å². The summed E-state index contributed by atoms with van der Waals surface area (Å²) in [7, 11) is 0. The van der Waals surface area contributed by atoms with E-state index in [-0.39, 0.29) is 11.3 Å². The summed E-state index contributed by atoms with van der Waals surface area (Å²) in [6.45, 7) is 4.60. The van der Waals surface area contributed by atoms with E-state index in [0.29, 0.717) is 36.5 Å². The Hall–Kier alpha value is -3.20. The van der Waals surface area contributed by atoms with Crippen LogP contribution in [0.5, 0.6) is 0 Å². The van der Waals surface area contributed by atoms with Crippen LogP contribution in [0.4, 0.5) is 0 Å². The van der Waals surface area contributed by atoms with Gasteiger partial charge in [-0.05, 0) is 31.7 Å². The number of carbonyl (C=O) groups is 2.